The first-order valence-corrected chi connectivity index (χ1v) is 4.16. The zero-order valence-corrected chi connectivity index (χ0v) is 7.66. The van der Waals surface area contributed by atoms with Crippen LogP contribution in [0, 0.1) is 12.3 Å². The summed E-state index contributed by atoms with van der Waals surface area (Å²) in [6.07, 6.45) is 5.07. The van der Waals surface area contributed by atoms with E-state index >= 15 is 0 Å². The van der Waals surface area contributed by atoms with E-state index < -0.39 is 0 Å². The van der Waals surface area contributed by atoms with Crippen molar-refractivity contribution in [1.29, 1.82) is 0 Å². The highest BCUT2D eigenvalue weighted by Crippen LogP contribution is 2.17. The van der Waals surface area contributed by atoms with Crippen molar-refractivity contribution in [2.24, 2.45) is 5.73 Å². The first kappa shape index (κ1) is 9.63. The fraction of sp³-hybridized carbons (Fsp3) is 0.273. The molecule has 0 spiro atoms. The Morgan fingerprint density at radius 1 is 1.62 bits per heavy atom. The molecule has 0 saturated carbocycles. The van der Waals surface area contributed by atoms with E-state index in [0.29, 0.717) is 6.61 Å². The van der Waals surface area contributed by atoms with E-state index in [1.54, 1.807) is 0 Å². The Balaban J connectivity index is 2.75. The number of ether oxygens (including phenoxy) is 1. The molecule has 1 aromatic carbocycles. The van der Waals surface area contributed by atoms with E-state index in [9.17, 15) is 0 Å². The van der Waals surface area contributed by atoms with E-state index in [0.717, 1.165) is 11.3 Å². The molecule has 1 aromatic rings. The van der Waals surface area contributed by atoms with Crippen molar-refractivity contribution in [3.63, 3.8) is 0 Å². The molecule has 0 amide bonds. The Kier molecular flexibility index (Phi) is 3.36. The van der Waals surface area contributed by atoms with Gasteiger partial charge >= 0.3 is 0 Å². The van der Waals surface area contributed by atoms with E-state index in [2.05, 4.69) is 5.92 Å². The Labute approximate surface area is 78.7 Å². The van der Waals surface area contributed by atoms with Crippen molar-refractivity contribution in [2.45, 2.75) is 13.0 Å². The molecule has 0 aliphatic carbocycles. The van der Waals surface area contributed by atoms with Crippen molar-refractivity contribution in [2.75, 3.05) is 6.61 Å². The summed E-state index contributed by atoms with van der Waals surface area (Å²) in [5.74, 6) is 3.18. The highest BCUT2D eigenvalue weighted by molar-refractivity contribution is 5.30. The molecule has 0 radical (unpaired) electrons. The van der Waals surface area contributed by atoms with Gasteiger partial charge in [0, 0.05) is 6.04 Å². The maximum Gasteiger partial charge on any atom is 0.148 e. The summed E-state index contributed by atoms with van der Waals surface area (Å²) in [7, 11) is 0. The lowest BCUT2D eigenvalue weighted by Crippen LogP contribution is -2.05. The Hall–Kier alpha value is -1.46. The van der Waals surface area contributed by atoms with Crippen LogP contribution in [0.2, 0.25) is 0 Å². The molecule has 68 valence electrons. The quantitative estimate of drug-likeness (QED) is 0.710. The van der Waals surface area contributed by atoms with Crippen LogP contribution in [0.15, 0.2) is 24.3 Å². The molecule has 0 aromatic heterocycles. The van der Waals surface area contributed by atoms with Crippen LogP contribution in [0.1, 0.15) is 18.5 Å². The van der Waals surface area contributed by atoms with E-state index in [1.165, 1.54) is 0 Å². The van der Waals surface area contributed by atoms with Gasteiger partial charge < -0.3 is 10.5 Å². The lowest BCUT2D eigenvalue weighted by atomic mass is 10.1. The molecule has 0 aliphatic heterocycles. The van der Waals surface area contributed by atoms with E-state index in [-0.39, 0.29) is 6.04 Å². The minimum absolute atomic E-state index is 0.0226. The van der Waals surface area contributed by atoms with Crippen molar-refractivity contribution in [3.05, 3.63) is 29.8 Å². The van der Waals surface area contributed by atoms with Gasteiger partial charge in [0.05, 0.1) is 0 Å². The maximum atomic E-state index is 5.72. The molecule has 1 unspecified atom stereocenters. The average molecular weight is 175 g/mol. The van der Waals surface area contributed by atoms with Gasteiger partial charge in [-0.05, 0) is 24.6 Å². The molecule has 0 aliphatic rings. The number of terminal acetylenes is 1. The Morgan fingerprint density at radius 2 is 2.38 bits per heavy atom. The fourth-order valence-corrected chi connectivity index (χ4v) is 1.01. The monoisotopic (exact) mass is 175 g/mol. The van der Waals surface area contributed by atoms with Crippen LogP contribution in [-0.2, 0) is 0 Å². The predicted molar refractivity (Wildman–Crippen MR) is 53.4 cm³/mol. The summed E-state index contributed by atoms with van der Waals surface area (Å²) in [4.78, 5) is 0. The second kappa shape index (κ2) is 4.54. The summed E-state index contributed by atoms with van der Waals surface area (Å²) in [5, 5.41) is 0. The topological polar surface area (TPSA) is 35.2 Å². The molecule has 2 heteroatoms. The van der Waals surface area contributed by atoms with E-state index in [4.69, 9.17) is 16.9 Å². The van der Waals surface area contributed by atoms with Gasteiger partial charge in [0.15, 0.2) is 0 Å². The predicted octanol–water partition coefficient (Wildman–Crippen LogP) is 1.72. The van der Waals surface area contributed by atoms with Crippen LogP contribution in [0.4, 0.5) is 0 Å². The molecular formula is C11H13NO. The average Bonchev–Trinajstić information content (AvgIpc) is 2.15. The molecule has 2 N–H and O–H groups in total. The molecule has 13 heavy (non-hydrogen) atoms. The minimum atomic E-state index is 0.0226. The number of hydrogen-bond acceptors (Lipinski definition) is 2. The number of rotatable bonds is 3. The summed E-state index contributed by atoms with van der Waals surface area (Å²) < 4.78 is 5.25. The summed E-state index contributed by atoms with van der Waals surface area (Å²) in [5.41, 5.74) is 6.77. The third-order valence-corrected chi connectivity index (χ3v) is 1.71. The third-order valence-electron chi connectivity index (χ3n) is 1.71. The summed E-state index contributed by atoms with van der Waals surface area (Å²) >= 11 is 0. The Morgan fingerprint density at radius 3 is 3.00 bits per heavy atom. The molecule has 2 nitrogen and oxygen atoms in total. The first-order chi connectivity index (χ1) is 6.24. The van der Waals surface area contributed by atoms with Gasteiger partial charge in [-0.25, -0.2) is 0 Å². The summed E-state index contributed by atoms with van der Waals surface area (Å²) in [6, 6.07) is 7.66. The molecule has 0 fully saturated rings. The smallest absolute Gasteiger partial charge is 0.148 e. The molecule has 1 rings (SSSR count). The van der Waals surface area contributed by atoms with Gasteiger partial charge in [-0.15, -0.1) is 6.42 Å². The second-order valence-corrected chi connectivity index (χ2v) is 2.85. The van der Waals surface area contributed by atoms with Gasteiger partial charge in [0.1, 0.15) is 12.4 Å². The van der Waals surface area contributed by atoms with Gasteiger partial charge in [-0.3, -0.25) is 0 Å². The number of nitrogens with two attached hydrogens (primary N) is 1. The van der Waals surface area contributed by atoms with Crippen molar-refractivity contribution in [1.82, 2.24) is 0 Å². The first-order valence-electron chi connectivity index (χ1n) is 4.16. The lowest BCUT2D eigenvalue weighted by Gasteiger charge is -2.07. The molecule has 0 bridgehead atoms. The minimum Gasteiger partial charge on any atom is -0.481 e. The SMILES string of the molecule is C#CCOc1cccc(C(C)N)c1. The number of hydrogen-bond donors (Lipinski definition) is 1. The molecule has 0 saturated heterocycles. The van der Waals surface area contributed by atoms with Crippen LogP contribution in [0.5, 0.6) is 5.75 Å². The summed E-state index contributed by atoms with van der Waals surface area (Å²) in [6.45, 7) is 2.22. The highest BCUT2D eigenvalue weighted by Gasteiger charge is 1.99. The normalized spacial score (nSPS) is 11.8. The van der Waals surface area contributed by atoms with Gasteiger partial charge in [0.2, 0.25) is 0 Å². The molecule has 1 atom stereocenters. The van der Waals surface area contributed by atoms with Gasteiger partial charge in [0.25, 0.3) is 0 Å². The van der Waals surface area contributed by atoms with Crippen LogP contribution < -0.4 is 10.5 Å². The zero-order chi connectivity index (χ0) is 9.68. The number of benzene rings is 1. The largest absolute Gasteiger partial charge is 0.481 e. The molecular weight excluding hydrogens is 162 g/mol. The second-order valence-electron chi connectivity index (χ2n) is 2.85. The van der Waals surface area contributed by atoms with Gasteiger partial charge in [-0.1, -0.05) is 18.1 Å². The van der Waals surface area contributed by atoms with E-state index in [1.807, 2.05) is 31.2 Å². The Bertz CT molecular complexity index is 312. The van der Waals surface area contributed by atoms with Crippen molar-refractivity contribution >= 4 is 0 Å². The van der Waals surface area contributed by atoms with Crippen molar-refractivity contribution < 1.29 is 4.74 Å². The van der Waals surface area contributed by atoms with Crippen LogP contribution in [0.25, 0.3) is 0 Å². The third kappa shape index (κ3) is 2.81. The van der Waals surface area contributed by atoms with Crippen molar-refractivity contribution in [3.8, 4) is 18.1 Å². The fourth-order valence-electron chi connectivity index (χ4n) is 1.01. The highest BCUT2D eigenvalue weighted by atomic mass is 16.5. The standard InChI is InChI=1S/C11H13NO/c1-3-7-13-11-6-4-5-10(8-11)9(2)12/h1,4-6,8-9H,7,12H2,2H3. The zero-order valence-electron chi connectivity index (χ0n) is 7.66. The lowest BCUT2D eigenvalue weighted by molar-refractivity contribution is 0.370. The van der Waals surface area contributed by atoms with Gasteiger partial charge in [-0.2, -0.15) is 0 Å². The van der Waals surface area contributed by atoms with Crippen LogP contribution in [-0.4, -0.2) is 6.61 Å². The van der Waals surface area contributed by atoms with Crippen LogP contribution in [0.3, 0.4) is 0 Å². The van der Waals surface area contributed by atoms with Crippen LogP contribution >= 0.6 is 0 Å². The maximum absolute atomic E-state index is 5.72. The molecule has 0 heterocycles.